The van der Waals surface area contributed by atoms with Gasteiger partial charge < -0.3 is 14.5 Å². The lowest BCUT2D eigenvalue weighted by atomic mass is 10.2. The molecule has 0 bridgehead atoms. The third-order valence-corrected chi connectivity index (χ3v) is 4.67. The van der Waals surface area contributed by atoms with Crippen LogP contribution < -0.4 is 14.4 Å². The van der Waals surface area contributed by atoms with Gasteiger partial charge in [0.05, 0.1) is 31.9 Å². The molecule has 8 heteroatoms. The van der Waals surface area contributed by atoms with E-state index in [0.29, 0.717) is 17.2 Å². The Morgan fingerprint density at radius 3 is 2.46 bits per heavy atom. The lowest BCUT2D eigenvalue weighted by Gasteiger charge is -2.28. The van der Waals surface area contributed by atoms with Crippen LogP contribution in [0.25, 0.3) is 0 Å². The summed E-state index contributed by atoms with van der Waals surface area (Å²) < 4.78 is 35.6. The minimum Gasteiger partial charge on any atom is -0.497 e. The molecule has 7 nitrogen and oxygen atoms in total. The quantitative estimate of drug-likeness (QED) is 0.820. The van der Waals surface area contributed by atoms with Crippen LogP contribution in [0.15, 0.2) is 47.1 Å². The van der Waals surface area contributed by atoms with Crippen LogP contribution in [0, 0.1) is 0 Å². The largest absolute Gasteiger partial charge is 0.497 e. The van der Waals surface area contributed by atoms with Crippen LogP contribution in [0.3, 0.4) is 0 Å². The number of carbonyl (C=O) groups is 1. The topological polar surface area (TPSA) is 88.8 Å². The van der Waals surface area contributed by atoms with Crippen molar-refractivity contribution in [3.05, 3.63) is 48.4 Å². The summed E-state index contributed by atoms with van der Waals surface area (Å²) in [5.41, 5.74) is 0.388. The van der Waals surface area contributed by atoms with E-state index in [1.165, 1.54) is 20.3 Å². The van der Waals surface area contributed by atoms with E-state index in [-0.39, 0.29) is 6.54 Å². The van der Waals surface area contributed by atoms with Crippen molar-refractivity contribution in [3.63, 3.8) is 0 Å². The summed E-state index contributed by atoms with van der Waals surface area (Å²) in [4.78, 5) is 12.3. The van der Waals surface area contributed by atoms with E-state index in [1.807, 2.05) is 0 Å². The molecule has 0 saturated heterocycles. The molecule has 0 fully saturated rings. The Bertz CT molecular complexity index is 769. The first-order valence-corrected chi connectivity index (χ1v) is 9.11. The first-order valence-electron chi connectivity index (χ1n) is 7.26. The number of methoxy groups -OCH3 is 1. The number of benzene rings is 1. The Kier molecular flexibility index (Phi) is 5.50. The fraction of sp³-hybridized carbons (Fsp3) is 0.312. The number of hydrogen-bond donors (Lipinski definition) is 1. The second-order valence-corrected chi connectivity index (χ2v) is 7.09. The van der Waals surface area contributed by atoms with Crippen LogP contribution in [0.4, 0.5) is 5.69 Å². The van der Waals surface area contributed by atoms with E-state index in [4.69, 9.17) is 9.15 Å². The van der Waals surface area contributed by atoms with Gasteiger partial charge in [-0.3, -0.25) is 9.10 Å². The molecule has 0 aliphatic heterocycles. The van der Waals surface area contributed by atoms with Gasteiger partial charge in [-0.15, -0.1) is 0 Å². The Labute approximate surface area is 141 Å². The van der Waals surface area contributed by atoms with Crippen molar-refractivity contribution in [3.8, 4) is 5.75 Å². The molecule has 1 N–H and O–H groups in total. The predicted octanol–water partition coefficient (Wildman–Crippen LogP) is 1.76. The standard InChI is InChI=1S/C16H20N2O5S/c1-12(16(19)17-11-15-5-4-10-23-15)18(24(3,20)21)13-6-8-14(22-2)9-7-13/h4-10,12H,11H2,1-3H3,(H,17,19)/t12-/m1/s1. The third kappa shape index (κ3) is 4.29. The first kappa shape index (κ1) is 17.9. The van der Waals surface area contributed by atoms with Gasteiger partial charge in [0.15, 0.2) is 0 Å². The fourth-order valence-electron chi connectivity index (χ4n) is 2.27. The van der Waals surface area contributed by atoms with E-state index in [2.05, 4.69) is 5.32 Å². The first-order chi connectivity index (χ1) is 11.3. The number of sulfonamides is 1. The zero-order valence-corrected chi connectivity index (χ0v) is 14.5. The summed E-state index contributed by atoms with van der Waals surface area (Å²) in [6, 6.07) is 8.99. The molecule has 0 saturated carbocycles. The molecule has 1 heterocycles. The highest BCUT2D eigenvalue weighted by Crippen LogP contribution is 2.23. The van der Waals surface area contributed by atoms with Crippen LogP contribution in [-0.4, -0.2) is 33.7 Å². The van der Waals surface area contributed by atoms with Gasteiger partial charge in [-0.2, -0.15) is 0 Å². The summed E-state index contributed by atoms with van der Waals surface area (Å²) in [5, 5.41) is 2.67. The van der Waals surface area contributed by atoms with Gasteiger partial charge in [-0.05, 0) is 43.3 Å². The molecule has 2 rings (SSSR count). The summed E-state index contributed by atoms with van der Waals surface area (Å²) in [6.45, 7) is 1.72. The van der Waals surface area contributed by atoms with Gasteiger partial charge >= 0.3 is 0 Å². The molecule has 0 aliphatic carbocycles. The SMILES string of the molecule is COc1ccc(N([C@H](C)C(=O)NCc2ccco2)S(C)(=O)=O)cc1. The number of hydrogen-bond acceptors (Lipinski definition) is 5. The van der Waals surface area contributed by atoms with Crippen LogP contribution >= 0.6 is 0 Å². The lowest BCUT2D eigenvalue weighted by Crippen LogP contribution is -2.47. The molecule has 0 spiro atoms. The van der Waals surface area contributed by atoms with Crippen molar-refractivity contribution in [1.82, 2.24) is 5.32 Å². The maximum atomic E-state index is 12.3. The van der Waals surface area contributed by atoms with E-state index in [9.17, 15) is 13.2 Å². The maximum absolute atomic E-state index is 12.3. The van der Waals surface area contributed by atoms with Gasteiger partial charge in [0.25, 0.3) is 0 Å². The molecular weight excluding hydrogens is 332 g/mol. The van der Waals surface area contributed by atoms with Gasteiger partial charge in [-0.1, -0.05) is 0 Å². The highest BCUT2D eigenvalue weighted by atomic mass is 32.2. The number of rotatable bonds is 7. The Morgan fingerprint density at radius 2 is 1.96 bits per heavy atom. The molecule has 130 valence electrons. The summed E-state index contributed by atoms with van der Waals surface area (Å²) in [7, 11) is -2.12. The van der Waals surface area contributed by atoms with E-state index < -0.39 is 22.0 Å². The zero-order chi connectivity index (χ0) is 17.7. The molecule has 0 unspecified atom stereocenters. The lowest BCUT2D eigenvalue weighted by molar-refractivity contribution is -0.122. The Morgan fingerprint density at radius 1 is 1.29 bits per heavy atom. The number of ether oxygens (including phenoxy) is 1. The zero-order valence-electron chi connectivity index (χ0n) is 13.7. The maximum Gasteiger partial charge on any atom is 0.243 e. The van der Waals surface area contributed by atoms with Crippen LogP contribution in [0.1, 0.15) is 12.7 Å². The second-order valence-electron chi connectivity index (χ2n) is 5.23. The molecule has 1 aromatic heterocycles. The van der Waals surface area contributed by atoms with Crippen LogP contribution in [0.2, 0.25) is 0 Å². The molecule has 2 aromatic rings. The third-order valence-electron chi connectivity index (χ3n) is 3.43. The van der Waals surface area contributed by atoms with E-state index in [0.717, 1.165) is 10.6 Å². The normalized spacial score (nSPS) is 12.5. The van der Waals surface area contributed by atoms with Crippen molar-refractivity contribution in [2.45, 2.75) is 19.5 Å². The van der Waals surface area contributed by atoms with Crippen molar-refractivity contribution in [1.29, 1.82) is 0 Å². The average Bonchev–Trinajstić information content (AvgIpc) is 3.05. The molecule has 0 radical (unpaired) electrons. The van der Waals surface area contributed by atoms with Crippen LogP contribution in [-0.2, 0) is 21.4 Å². The number of nitrogens with zero attached hydrogens (tertiary/aromatic N) is 1. The minimum atomic E-state index is -3.65. The monoisotopic (exact) mass is 352 g/mol. The second kappa shape index (κ2) is 7.39. The smallest absolute Gasteiger partial charge is 0.243 e. The number of carbonyl (C=O) groups excluding carboxylic acids is 1. The van der Waals surface area contributed by atoms with Gasteiger partial charge in [-0.25, -0.2) is 8.42 Å². The van der Waals surface area contributed by atoms with Crippen LogP contribution in [0.5, 0.6) is 5.75 Å². The molecule has 0 aliphatic rings. The summed E-state index contributed by atoms with van der Waals surface area (Å²) in [6.07, 6.45) is 2.57. The molecule has 1 amide bonds. The van der Waals surface area contributed by atoms with E-state index >= 15 is 0 Å². The predicted molar refractivity (Wildman–Crippen MR) is 90.3 cm³/mol. The van der Waals surface area contributed by atoms with Gasteiger partial charge in [0.1, 0.15) is 17.6 Å². The van der Waals surface area contributed by atoms with Crippen molar-refractivity contribution in [2.24, 2.45) is 0 Å². The van der Waals surface area contributed by atoms with E-state index in [1.54, 1.807) is 36.4 Å². The van der Waals surface area contributed by atoms with Crippen molar-refractivity contribution in [2.75, 3.05) is 17.7 Å². The molecule has 24 heavy (non-hydrogen) atoms. The molecule has 1 aromatic carbocycles. The fourth-order valence-corrected chi connectivity index (χ4v) is 3.45. The van der Waals surface area contributed by atoms with Gasteiger partial charge in [0.2, 0.25) is 15.9 Å². The Balaban J connectivity index is 2.18. The number of furan rings is 1. The highest BCUT2D eigenvalue weighted by Gasteiger charge is 2.29. The number of anilines is 1. The van der Waals surface area contributed by atoms with Crippen molar-refractivity contribution < 1.29 is 22.4 Å². The summed E-state index contributed by atoms with van der Waals surface area (Å²) in [5.74, 6) is 0.765. The molecular formula is C16H20N2O5S. The minimum absolute atomic E-state index is 0.191. The highest BCUT2D eigenvalue weighted by molar-refractivity contribution is 7.92. The van der Waals surface area contributed by atoms with Gasteiger partial charge in [0, 0.05) is 0 Å². The molecule has 1 atom stereocenters. The van der Waals surface area contributed by atoms with Crippen molar-refractivity contribution >= 4 is 21.6 Å². The Hall–Kier alpha value is -2.48. The number of nitrogens with one attached hydrogen (secondary N) is 1. The average molecular weight is 352 g/mol. The summed E-state index contributed by atoms with van der Waals surface area (Å²) >= 11 is 0. The number of amides is 1.